The van der Waals surface area contributed by atoms with Crippen molar-refractivity contribution in [3.8, 4) is 0 Å². The fourth-order valence-electron chi connectivity index (χ4n) is 1.23. The third-order valence-corrected chi connectivity index (χ3v) is 2.28. The first kappa shape index (κ1) is 12.4. The molecule has 1 aromatic rings. The molecule has 0 saturated carbocycles. The van der Waals surface area contributed by atoms with Crippen LogP contribution in [0.1, 0.15) is 26.3 Å². The summed E-state index contributed by atoms with van der Waals surface area (Å²) in [6, 6.07) is 1.34. The molecule has 0 amide bonds. The number of nitrogens with zero attached hydrogens (tertiary/aromatic N) is 1. The number of rotatable bonds is 3. The molecular weight excluding hydrogens is 209 g/mol. The number of carbonyl (C=O) groups excluding carboxylic acids is 1. The van der Waals surface area contributed by atoms with Crippen LogP contribution in [0.25, 0.3) is 5.57 Å². The number of ether oxygens (including phenoxy) is 1. The van der Waals surface area contributed by atoms with Crippen LogP contribution in [0.3, 0.4) is 0 Å². The van der Waals surface area contributed by atoms with E-state index >= 15 is 0 Å². The van der Waals surface area contributed by atoms with E-state index < -0.39 is 5.82 Å². The molecule has 0 aromatic carbocycles. The van der Waals surface area contributed by atoms with Gasteiger partial charge in [-0.2, -0.15) is 0 Å². The van der Waals surface area contributed by atoms with Gasteiger partial charge in [-0.05, 0) is 38.0 Å². The number of esters is 1. The largest absolute Gasteiger partial charge is 0.463 e. The standard InChI is InChI=1S/C12H14FNO2/c1-4-16-12(15)9(3)8(2)10-5-11(13)7-14-6-10/h5-7H,4H2,1-3H3/b9-8-. The fraction of sp³-hybridized carbons (Fsp3) is 0.333. The second kappa shape index (κ2) is 5.39. The smallest absolute Gasteiger partial charge is 0.333 e. The van der Waals surface area contributed by atoms with Crippen LogP contribution in [0, 0.1) is 5.82 Å². The molecular formula is C12H14FNO2. The Hall–Kier alpha value is -1.71. The normalized spacial score (nSPS) is 12.0. The van der Waals surface area contributed by atoms with E-state index in [1.807, 2.05) is 0 Å². The van der Waals surface area contributed by atoms with Gasteiger partial charge in [-0.25, -0.2) is 9.18 Å². The molecule has 1 heterocycles. The van der Waals surface area contributed by atoms with Gasteiger partial charge in [-0.1, -0.05) is 0 Å². The average molecular weight is 223 g/mol. The van der Waals surface area contributed by atoms with Crippen molar-refractivity contribution in [3.05, 3.63) is 35.4 Å². The zero-order valence-corrected chi connectivity index (χ0v) is 9.58. The minimum Gasteiger partial charge on any atom is -0.463 e. The highest BCUT2D eigenvalue weighted by molar-refractivity contribution is 5.96. The van der Waals surface area contributed by atoms with Gasteiger partial charge in [0.15, 0.2) is 0 Å². The fourth-order valence-corrected chi connectivity index (χ4v) is 1.23. The van der Waals surface area contributed by atoms with E-state index in [4.69, 9.17) is 4.74 Å². The highest BCUT2D eigenvalue weighted by Crippen LogP contribution is 2.18. The summed E-state index contributed by atoms with van der Waals surface area (Å²) in [5, 5.41) is 0. The molecule has 0 bridgehead atoms. The third kappa shape index (κ3) is 2.89. The second-order valence-electron chi connectivity index (χ2n) is 3.36. The van der Waals surface area contributed by atoms with Crippen LogP contribution in [0.2, 0.25) is 0 Å². The number of carbonyl (C=O) groups is 1. The quantitative estimate of drug-likeness (QED) is 0.584. The van der Waals surface area contributed by atoms with Gasteiger partial charge < -0.3 is 4.74 Å². The molecule has 1 aromatic heterocycles. The first-order valence-electron chi connectivity index (χ1n) is 5.01. The van der Waals surface area contributed by atoms with Gasteiger partial charge >= 0.3 is 5.97 Å². The zero-order valence-electron chi connectivity index (χ0n) is 9.58. The van der Waals surface area contributed by atoms with E-state index in [0.29, 0.717) is 23.3 Å². The minimum absolute atomic E-state index is 0.324. The van der Waals surface area contributed by atoms with Crippen molar-refractivity contribution in [3.63, 3.8) is 0 Å². The van der Waals surface area contributed by atoms with Crippen molar-refractivity contribution < 1.29 is 13.9 Å². The second-order valence-corrected chi connectivity index (χ2v) is 3.36. The van der Waals surface area contributed by atoms with Gasteiger partial charge in [-0.15, -0.1) is 0 Å². The maximum Gasteiger partial charge on any atom is 0.333 e. The molecule has 0 radical (unpaired) electrons. The van der Waals surface area contributed by atoms with Crippen molar-refractivity contribution >= 4 is 11.5 Å². The van der Waals surface area contributed by atoms with E-state index in [1.165, 1.54) is 12.3 Å². The van der Waals surface area contributed by atoms with E-state index in [1.54, 1.807) is 20.8 Å². The summed E-state index contributed by atoms with van der Waals surface area (Å²) in [7, 11) is 0. The topological polar surface area (TPSA) is 39.2 Å². The number of halogens is 1. The van der Waals surface area contributed by atoms with Crippen LogP contribution in [0.15, 0.2) is 24.0 Å². The van der Waals surface area contributed by atoms with E-state index in [-0.39, 0.29) is 5.97 Å². The Morgan fingerprint density at radius 2 is 2.12 bits per heavy atom. The average Bonchev–Trinajstić information content (AvgIpc) is 2.27. The number of pyridine rings is 1. The highest BCUT2D eigenvalue weighted by atomic mass is 19.1. The van der Waals surface area contributed by atoms with E-state index in [0.717, 1.165) is 6.20 Å². The Labute approximate surface area is 94.0 Å². The lowest BCUT2D eigenvalue weighted by Crippen LogP contribution is -2.06. The van der Waals surface area contributed by atoms with Crippen molar-refractivity contribution in [1.29, 1.82) is 0 Å². The van der Waals surface area contributed by atoms with E-state index in [2.05, 4.69) is 4.98 Å². The lowest BCUT2D eigenvalue weighted by atomic mass is 10.0. The Bertz CT molecular complexity index is 427. The van der Waals surface area contributed by atoms with Crippen LogP contribution in [-0.2, 0) is 9.53 Å². The molecule has 0 aliphatic heterocycles. The maximum absolute atomic E-state index is 12.9. The molecule has 1 rings (SSSR count). The van der Waals surface area contributed by atoms with Gasteiger partial charge in [0.05, 0.1) is 12.8 Å². The number of hydrogen-bond donors (Lipinski definition) is 0. The molecule has 3 nitrogen and oxygen atoms in total. The van der Waals surface area contributed by atoms with Crippen molar-refractivity contribution in [2.24, 2.45) is 0 Å². The predicted molar refractivity (Wildman–Crippen MR) is 59.1 cm³/mol. The molecule has 0 spiro atoms. The Balaban J connectivity index is 3.03. The van der Waals surface area contributed by atoms with Gasteiger partial charge in [-0.3, -0.25) is 4.98 Å². The molecule has 0 aliphatic carbocycles. The minimum atomic E-state index is -0.423. The molecule has 0 saturated heterocycles. The molecule has 4 heteroatoms. The van der Waals surface area contributed by atoms with Crippen LogP contribution in [0.4, 0.5) is 4.39 Å². The SMILES string of the molecule is CCOC(=O)/C(C)=C(/C)c1cncc(F)c1. The first-order valence-corrected chi connectivity index (χ1v) is 5.01. The summed E-state index contributed by atoms with van der Waals surface area (Å²) < 4.78 is 17.8. The molecule has 16 heavy (non-hydrogen) atoms. The summed E-state index contributed by atoms with van der Waals surface area (Å²) in [6.07, 6.45) is 2.64. The monoisotopic (exact) mass is 223 g/mol. The van der Waals surface area contributed by atoms with Crippen molar-refractivity contribution in [2.75, 3.05) is 6.61 Å². The number of hydrogen-bond acceptors (Lipinski definition) is 3. The maximum atomic E-state index is 12.9. The first-order chi connectivity index (χ1) is 7.56. The summed E-state index contributed by atoms with van der Waals surface area (Å²) in [4.78, 5) is 15.2. The number of aromatic nitrogens is 1. The van der Waals surface area contributed by atoms with Crippen LogP contribution >= 0.6 is 0 Å². The van der Waals surface area contributed by atoms with Crippen LogP contribution in [-0.4, -0.2) is 17.6 Å². The van der Waals surface area contributed by atoms with Crippen LogP contribution < -0.4 is 0 Å². The Kier molecular flexibility index (Phi) is 4.17. The van der Waals surface area contributed by atoms with Crippen molar-refractivity contribution in [2.45, 2.75) is 20.8 Å². The summed E-state index contributed by atoms with van der Waals surface area (Å²) in [6.45, 7) is 5.45. The highest BCUT2D eigenvalue weighted by Gasteiger charge is 2.10. The Morgan fingerprint density at radius 3 is 2.69 bits per heavy atom. The summed E-state index contributed by atoms with van der Waals surface area (Å²) in [5.41, 5.74) is 1.73. The molecule has 0 aliphatic rings. The Morgan fingerprint density at radius 1 is 1.44 bits per heavy atom. The predicted octanol–water partition coefficient (Wildman–Crippen LogP) is 2.58. The molecule has 0 fully saturated rings. The van der Waals surface area contributed by atoms with Crippen molar-refractivity contribution in [1.82, 2.24) is 4.98 Å². The molecule has 0 atom stereocenters. The lowest BCUT2D eigenvalue weighted by Gasteiger charge is -2.07. The van der Waals surface area contributed by atoms with Gasteiger partial charge in [0.2, 0.25) is 0 Å². The lowest BCUT2D eigenvalue weighted by molar-refractivity contribution is -0.138. The molecule has 0 N–H and O–H groups in total. The zero-order chi connectivity index (χ0) is 12.1. The van der Waals surface area contributed by atoms with E-state index in [9.17, 15) is 9.18 Å². The molecule has 86 valence electrons. The van der Waals surface area contributed by atoms with Gasteiger partial charge in [0, 0.05) is 11.8 Å². The van der Waals surface area contributed by atoms with Gasteiger partial charge in [0.1, 0.15) is 5.82 Å². The molecule has 0 unspecified atom stereocenters. The van der Waals surface area contributed by atoms with Gasteiger partial charge in [0.25, 0.3) is 0 Å². The van der Waals surface area contributed by atoms with Crippen LogP contribution in [0.5, 0.6) is 0 Å². The summed E-state index contributed by atoms with van der Waals surface area (Å²) in [5.74, 6) is -0.808. The third-order valence-electron chi connectivity index (χ3n) is 2.28. The summed E-state index contributed by atoms with van der Waals surface area (Å²) >= 11 is 0. The number of allylic oxidation sites excluding steroid dienone is 1.